The molecule has 0 atom stereocenters. The number of carboxylic acids is 1. The summed E-state index contributed by atoms with van der Waals surface area (Å²) in [6.45, 7) is 1.67. The third-order valence-corrected chi connectivity index (χ3v) is 2.57. The van der Waals surface area contributed by atoms with Crippen LogP contribution in [0.2, 0.25) is 0 Å². The van der Waals surface area contributed by atoms with Crippen molar-refractivity contribution in [1.29, 1.82) is 0 Å². The molecule has 0 fully saturated rings. The fourth-order valence-corrected chi connectivity index (χ4v) is 1.54. The van der Waals surface area contributed by atoms with E-state index in [-0.39, 0.29) is 17.2 Å². The summed E-state index contributed by atoms with van der Waals surface area (Å²) in [4.78, 5) is 22.2. The summed E-state index contributed by atoms with van der Waals surface area (Å²) in [7, 11) is 0. The van der Waals surface area contributed by atoms with E-state index in [2.05, 4.69) is 15.8 Å². The Morgan fingerprint density at radius 1 is 1.47 bits per heavy atom. The molecule has 2 rings (SSSR count). The standard InChI is InChI=1S/C12H11N3O4/c1-6-9(11(17)15-14-6)5-13-7-2-3-10(16)8(4-7)12(18)19/h2-5,13,16H,1H3,(H,15,17)(H,18,19)/b9-5+. The van der Waals surface area contributed by atoms with Crippen LogP contribution < -0.4 is 10.7 Å². The summed E-state index contributed by atoms with van der Waals surface area (Å²) in [5, 5.41) is 24.8. The van der Waals surface area contributed by atoms with Crippen molar-refractivity contribution < 1.29 is 19.8 Å². The minimum Gasteiger partial charge on any atom is -0.507 e. The number of anilines is 1. The second-order valence-electron chi connectivity index (χ2n) is 3.88. The topological polar surface area (TPSA) is 111 Å². The van der Waals surface area contributed by atoms with E-state index in [1.807, 2.05) is 0 Å². The minimum atomic E-state index is -1.23. The Bertz CT molecular complexity index is 619. The number of nitrogens with zero attached hydrogens (tertiary/aromatic N) is 1. The van der Waals surface area contributed by atoms with E-state index < -0.39 is 5.97 Å². The lowest BCUT2D eigenvalue weighted by atomic mass is 10.1. The van der Waals surface area contributed by atoms with Gasteiger partial charge < -0.3 is 15.5 Å². The van der Waals surface area contributed by atoms with Gasteiger partial charge in [-0.05, 0) is 25.1 Å². The van der Waals surface area contributed by atoms with E-state index in [1.165, 1.54) is 24.4 Å². The number of aromatic hydroxyl groups is 1. The summed E-state index contributed by atoms with van der Waals surface area (Å²) in [6.07, 6.45) is 1.43. The Kier molecular flexibility index (Phi) is 3.19. The highest BCUT2D eigenvalue weighted by atomic mass is 16.4. The van der Waals surface area contributed by atoms with E-state index in [0.29, 0.717) is 17.0 Å². The van der Waals surface area contributed by atoms with Gasteiger partial charge in [0.05, 0.1) is 11.3 Å². The Balaban J connectivity index is 2.23. The van der Waals surface area contributed by atoms with Crippen molar-refractivity contribution in [2.45, 2.75) is 6.92 Å². The zero-order valence-corrected chi connectivity index (χ0v) is 9.97. The molecule has 1 aliphatic heterocycles. The summed E-state index contributed by atoms with van der Waals surface area (Å²) in [5.74, 6) is -1.88. The molecule has 0 unspecified atom stereocenters. The van der Waals surface area contributed by atoms with Crippen LogP contribution in [0, 0.1) is 0 Å². The van der Waals surface area contributed by atoms with Gasteiger partial charge in [-0.25, -0.2) is 10.2 Å². The maximum absolute atomic E-state index is 11.4. The van der Waals surface area contributed by atoms with E-state index in [0.717, 1.165) is 0 Å². The van der Waals surface area contributed by atoms with Crippen molar-refractivity contribution in [3.05, 3.63) is 35.5 Å². The van der Waals surface area contributed by atoms with Gasteiger partial charge in [0.15, 0.2) is 0 Å². The summed E-state index contributed by atoms with van der Waals surface area (Å²) in [6, 6.07) is 4.03. The van der Waals surface area contributed by atoms with Crippen LogP contribution in [0.4, 0.5) is 5.69 Å². The monoisotopic (exact) mass is 261 g/mol. The summed E-state index contributed by atoms with van der Waals surface area (Å²) >= 11 is 0. The van der Waals surface area contributed by atoms with Gasteiger partial charge in [-0.1, -0.05) is 0 Å². The lowest BCUT2D eigenvalue weighted by Gasteiger charge is -2.05. The highest BCUT2D eigenvalue weighted by Crippen LogP contribution is 2.21. The van der Waals surface area contributed by atoms with Gasteiger partial charge >= 0.3 is 5.97 Å². The SMILES string of the molecule is CC1=NNC(=O)/C1=C/Nc1ccc(O)c(C(=O)O)c1. The molecule has 7 heteroatoms. The van der Waals surface area contributed by atoms with Crippen LogP contribution in [0.25, 0.3) is 0 Å². The predicted molar refractivity (Wildman–Crippen MR) is 68.0 cm³/mol. The molecule has 0 spiro atoms. The molecular weight excluding hydrogens is 250 g/mol. The number of phenols is 1. The molecule has 1 heterocycles. The zero-order valence-electron chi connectivity index (χ0n) is 9.97. The molecule has 0 saturated carbocycles. The maximum Gasteiger partial charge on any atom is 0.339 e. The normalized spacial score (nSPS) is 16.2. The van der Waals surface area contributed by atoms with Gasteiger partial charge in [0.1, 0.15) is 11.3 Å². The van der Waals surface area contributed by atoms with Gasteiger partial charge in [-0.3, -0.25) is 4.79 Å². The second-order valence-corrected chi connectivity index (χ2v) is 3.88. The number of nitrogens with one attached hydrogen (secondary N) is 2. The number of rotatable bonds is 3. The Morgan fingerprint density at radius 3 is 2.79 bits per heavy atom. The number of carbonyl (C=O) groups excluding carboxylic acids is 1. The first-order chi connectivity index (χ1) is 8.99. The van der Waals surface area contributed by atoms with Crippen LogP contribution in [0.1, 0.15) is 17.3 Å². The first kappa shape index (κ1) is 12.6. The highest BCUT2D eigenvalue weighted by molar-refractivity contribution is 6.24. The smallest absolute Gasteiger partial charge is 0.339 e. The molecule has 0 bridgehead atoms. The van der Waals surface area contributed by atoms with Gasteiger partial charge in [0.25, 0.3) is 5.91 Å². The van der Waals surface area contributed by atoms with E-state index >= 15 is 0 Å². The predicted octanol–water partition coefficient (Wildman–Crippen LogP) is 0.892. The van der Waals surface area contributed by atoms with Gasteiger partial charge in [-0.2, -0.15) is 5.10 Å². The highest BCUT2D eigenvalue weighted by Gasteiger charge is 2.18. The molecule has 0 aliphatic carbocycles. The third-order valence-electron chi connectivity index (χ3n) is 2.57. The Morgan fingerprint density at radius 2 is 2.21 bits per heavy atom. The minimum absolute atomic E-state index is 0.218. The zero-order chi connectivity index (χ0) is 14.0. The number of carboxylic acid groups (broad SMARTS) is 1. The second kappa shape index (κ2) is 4.81. The molecule has 7 nitrogen and oxygen atoms in total. The fraction of sp³-hybridized carbons (Fsp3) is 0.0833. The van der Waals surface area contributed by atoms with Crippen LogP contribution in [-0.2, 0) is 4.79 Å². The summed E-state index contributed by atoms with van der Waals surface area (Å²) < 4.78 is 0. The largest absolute Gasteiger partial charge is 0.507 e. The molecule has 0 saturated heterocycles. The third kappa shape index (κ3) is 2.54. The van der Waals surface area contributed by atoms with E-state index in [1.54, 1.807) is 6.92 Å². The first-order valence-corrected chi connectivity index (χ1v) is 5.37. The average molecular weight is 261 g/mol. The summed E-state index contributed by atoms with van der Waals surface area (Å²) in [5.41, 5.74) is 3.43. The van der Waals surface area contributed by atoms with Crippen LogP contribution in [0.3, 0.4) is 0 Å². The molecule has 1 aliphatic rings. The van der Waals surface area contributed by atoms with Crippen LogP contribution in [0.15, 0.2) is 35.1 Å². The molecule has 98 valence electrons. The van der Waals surface area contributed by atoms with Crippen molar-refractivity contribution >= 4 is 23.3 Å². The van der Waals surface area contributed by atoms with Gasteiger partial charge in [0, 0.05) is 11.9 Å². The Labute approximate surface area is 108 Å². The maximum atomic E-state index is 11.4. The van der Waals surface area contributed by atoms with Crippen molar-refractivity contribution in [3.63, 3.8) is 0 Å². The van der Waals surface area contributed by atoms with Crippen molar-refractivity contribution in [2.75, 3.05) is 5.32 Å². The molecular formula is C12H11N3O4. The quantitative estimate of drug-likeness (QED) is 0.477. The molecule has 0 radical (unpaired) electrons. The lowest BCUT2D eigenvalue weighted by molar-refractivity contribution is -0.116. The number of carbonyl (C=O) groups is 2. The number of hydrogen-bond donors (Lipinski definition) is 4. The molecule has 0 aromatic heterocycles. The lowest BCUT2D eigenvalue weighted by Crippen LogP contribution is -2.13. The molecule has 19 heavy (non-hydrogen) atoms. The molecule has 1 aromatic carbocycles. The number of aromatic carboxylic acids is 1. The van der Waals surface area contributed by atoms with Crippen molar-refractivity contribution in [1.82, 2.24) is 5.43 Å². The van der Waals surface area contributed by atoms with Crippen molar-refractivity contribution in [3.8, 4) is 5.75 Å². The average Bonchev–Trinajstić information content (AvgIpc) is 2.68. The fourth-order valence-electron chi connectivity index (χ4n) is 1.54. The molecule has 4 N–H and O–H groups in total. The molecule has 1 amide bonds. The van der Waals surface area contributed by atoms with Gasteiger partial charge in [-0.15, -0.1) is 0 Å². The first-order valence-electron chi connectivity index (χ1n) is 5.37. The number of amides is 1. The number of benzene rings is 1. The van der Waals surface area contributed by atoms with Crippen LogP contribution >= 0.6 is 0 Å². The van der Waals surface area contributed by atoms with Crippen LogP contribution in [0.5, 0.6) is 5.75 Å². The Hall–Kier alpha value is -2.83. The van der Waals surface area contributed by atoms with E-state index in [4.69, 9.17) is 5.11 Å². The van der Waals surface area contributed by atoms with Crippen molar-refractivity contribution in [2.24, 2.45) is 5.10 Å². The van der Waals surface area contributed by atoms with Gasteiger partial charge in [0.2, 0.25) is 0 Å². The molecule has 1 aromatic rings. The number of hydrazone groups is 1. The van der Waals surface area contributed by atoms with Crippen LogP contribution in [-0.4, -0.2) is 27.8 Å². The van der Waals surface area contributed by atoms with E-state index in [9.17, 15) is 14.7 Å². The number of hydrogen-bond acceptors (Lipinski definition) is 5.